The molecule has 0 radical (unpaired) electrons. The summed E-state index contributed by atoms with van der Waals surface area (Å²) < 4.78 is 6.78. The zero-order valence-electron chi connectivity index (χ0n) is 18.0. The lowest BCUT2D eigenvalue weighted by Gasteiger charge is -2.32. The molecule has 0 aliphatic carbocycles. The number of benzene rings is 2. The van der Waals surface area contributed by atoms with Gasteiger partial charge in [0.1, 0.15) is 0 Å². The van der Waals surface area contributed by atoms with Crippen molar-refractivity contribution in [1.82, 2.24) is 9.47 Å². The van der Waals surface area contributed by atoms with Gasteiger partial charge in [0.15, 0.2) is 0 Å². The predicted octanol–water partition coefficient (Wildman–Crippen LogP) is 5.35. The Morgan fingerprint density at radius 2 is 1.85 bits per heavy atom. The molecule has 1 aromatic heterocycles. The summed E-state index contributed by atoms with van der Waals surface area (Å²) >= 11 is 12.2. The van der Waals surface area contributed by atoms with Crippen molar-refractivity contribution in [1.29, 1.82) is 0 Å². The normalized spacial score (nSPS) is 14.3. The molecule has 1 aliphatic rings. The summed E-state index contributed by atoms with van der Waals surface area (Å²) in [5.74, 6) is -0.412. The first-order valence-corrected chi connectivity index (χ1v) is 11.5. The van der Waals surface area contributed by atoms with E-state index in [-0.39, 0.29) is 28.3 Å². The van der Waals surface area contributed by atoms with E-state index in [0.29, 0.717) is 54.0 Å². The smallest absolute Gasteiger partial charge is 0.409 e. The second kappa shape index (κ2) is 9.85. The Bertz CT molecular complexity index is 1270. The van der Waals surface area contributed by atoms with E-state index in [9.17, 15) is 14.4 Å². The molecule has 4 rings (SSSR count). The number of carbonyl (C=O) groups is 2. The molecule has 2 amide bonds. The van der Waals surface area contributed by atoms with E-state index in [1.54, 1.807) is 52.9 Å². The number of aromatic nitrogens is 1. The fourth-order valence-electron chi connectivity index (χ4n) is 4.09. The van der Waals surface area contributed by atoms with Crippen LogP contribution < -0.4 is 10.9 Å². The first-order valence-electron chi connectivity index (χ1n) is 10.7. The lowest BCUT2D eigenvalue weighted by Crippen LogP contribution is -2.41. The van der Waals surface area contributed by atoms with Crippen LogP contribution in [0, 0.1) is 0 Å². The number of amides is 2. The first kappa shape index (κ1) is 23.1. The first-order chi connectivity index (χ1) is 15.9. The van der Waals surface area contributed by atoms with Crippen LogP contribution >= 0.6 is 23.2 Å². The number of fused-ring (bicyclic) bond motifs is 1. The number of anilines is 1. The molecule has 0 unspecified atom stereocenters. The van der Waals surface area contributed by atoms with Crippen LogP contribution in [0.2, 0.25) is 10.0 Å². The highest BCUT2D eigenvalue weighted by molar-refractivity contribution is 6.36. The highest BCUT2D eigenvalue weighted by atomic mass is 35.5. The molecule has 2 aromatic carbocycles. The van der Waals surface area contributed by atoms with Crippen molar-refractivity contribution in [3.63, 3.8) is 0 Å². The largest absolute Gasteiger partial charge is 0.450 e. The number of likely N-dealkylation sites (tertiary alicyclic amines) is 1. The van der Waals surface area contributed by atoms with E-state index >= 15 is 0 Å². The Labute approximate surface area is 200 Å². The van der Waals surface area contributed by atoms with Crippen LogP contribution in [0.4, 0.5) is 10.5 Å². The van der Waals surface area contributed by atoms with Crippen LogP contribution in [0.3, 0.4) is 0 Å². The molecule has 3 aromatic rings. The van der Waals surface area contributed by atoms with Gasteiger partial charge in [-0.3, -0.25) is 9.59 Å². The highest BCUT2D eigenvalue weighted by Crippen LogP contribution is 2.27. The maximum atomic E-state index is 13.3. The standard InChI is InChI=1S/C24H23Cl2N3O4/c1-2-33-24(32)28-11-8-16(9-12-28)29-13-10-17-18(23(29)31)4-3-5-21(17)27-22(30)19-14-15(25)6-7-20(19)26/h3-7,10,13-14,16H,2,8-9,11-12H2,1H3,(H,27,30). The van der Waals surface area contributed by atoms with Gasteiger partial charge in [0.2, 0.25) is 0 Å². The Morgan fingerprint density at radius 1 is 1.09 bits per heavy atom. The minimum atomic E-state index is -0.412. The third-order valence-corrected chi connectivity index (χ3v) is 6.34. The lowest BCUT2D eigenvalue weighted by molar-refractivity contribution is 0.0923. The Hall–Kier alpha value is -3.03. The van der Waals surface area contributed by atoms with Gasteiger partial charge in [-0.2, -0.15) is 0 Å². The third kappa shape index (κ3) is 4.84. The van der Waals surface area contributed by atoms with Gasteiger partial charge in [-0.1, -0.05) is 29.3 Å². The minimum Gasteiger partial charge on any atom is -0.450 e. The van der Waals surface area contributed by atoms with Crippen molar-refractivity contribution in [2.45, 2.75) is 25.8 Å². The molecule has 2 heterocycles. The van der Waals surface area contributed by atoms with Gasteiger partial charge < -0.3 is 19.5 Å². The molecule has 1 aliphatic heterocycles. The molecule has 7 nitrogen and oxygen atoms in total. The van der Waals surface area contributed by atoms with Gasteiger partial charge in [-0.05, 0) is 56.2 Å². The quantitative estimate of drug-likeness (QED) is 0.537. The molecule has 0 spiro atoms. The third-order valence-electron chi connectivity index (χ3n) is 5.78. The van der Waals surface area contributed by atoms with E-state index in [2.05, 4.69) is 5.32 Å². The highest BCUT2D eigenvalue weighted by Gasteiger charge is 2.25. The summed E-state index contributed by atoms with van der Waals surface area (Å²) in [7, 11) is 0. The second-order valence-electron chi connectivity index (χ2n) is 7.79. The summed E-state index contributed by atoms with van der Waals surface area (Å²) in [6, 6.07) is 11.7. The van der Waals surface area contributed by atoms with E-state index in [1.165, 1.54) is 6.07 Å². The number of hydrogen-bond acceptors (Lipinski definition) is 4. The van der Waals surface area contributed by atoms with Gasteiger partial charge in [0.25, 0.3) is 11.5 Å². The van der Waals surface area contributed by atoms with E-state index in [0.717, 1.165) is 0 Å². The van der Waals surface area contributed by atoms with Crippen LogP contribution in [0.5, 0.6) is 0 Å². The molecule has 33 heavy (non-hydrogen) atoms. The van der Waals surface area contributed by atoms with Crippen LogP contribution in [0.15, 0.2) is 53.5 Å². The molecule has 172 valence electrons. The van der Waals surface area contributed by atoms with Crippen LogP contribution in [-0.2, 0) is 4.74 Å². The number of nitrogens with one attached hydrogen (secondary N) is 1. The molecule has 0 saturated carbocycles. The molecular weight excluding hydrogens is 465 g/mol. The van der Waals surface area contributed by atoms with Gasteiger partial charge in [-0.15, -0.1) is 0 Å². The molecular formula is C24H23Cl2N3O4. The number of hydrogen-bond donors (Lipinski definition) is 1. The summed E-state index contributed by atoms with van der Waals surface area (Å²) in [6.45, 7) is 3.18. The summed E-state index contributed by atoms with van der Waals surface area (Å²) in [6.07, 6.45) is 2.75. The average Bonchev–Trinajstić information content (AvgIpc) is 2.81. The van der Waals surface area contributed by atoms with Crippen molar-refractivity contribution in [3.8, 4) is 0 Å². The Kier molecular flexibility index (Phi) is 6.91. The number of halogens is 2. The van der Waals surface area contributed by atoms with E-state index < -0.39 is 5.91 Å². The van der Waals surface area contributed by atoms with Gasteiger partial charge in [0, 0.05) is 46.8 Å². The number of rotatable bonds is 4. The number of carbonyl (C=O) groups excluding carboxylic acids is 2. The number of ether oxygens (including phenoxy) is 1. The predicted molar refractivity (Wildman–Crippen MR) is 129 cm³/mol. The SMILES string of the molecule is CCOC(=O)N1CCC(n2ccc3c(NC(=O)c4cc(Cl)ccc4Cl)cccc3c2=O)CC1. The Morgan fingerprint density at radius 3 is 2.58 bits per heavy atom. The van der Waals surface area contributed by atoms with Crippen molar-refractivity contribution in [2.75, 3.05) is 25.0 Å². The molecule has 0 bridgehead atoms. The zero-order valence-corrected chi connectivity index (χ0v) is 19.5. The molecule has 0 atom stereocenters. The summed E-state index contributed by atoms with van der Waals surface area (Å²) in [5, 5.41) is 4.66. The monoisotopic (exact) mass is 487 g/mol. The number of piperidine rings is 1. The maximum Gasteiger partial charge on any atom is 0.409 e. The zero-order chi connectivity index (χ0) is 23.5. The van der Waals surface area contributed by atoms with Crippen molar-refractivity contribution in [3.05, 3.63) is 74.6 Å². The summed E-state index contributed by atoms with van der Waals surface area (Å²) in [5.41, 5.74) is 0.622. The van der Waals surface area contributed by atoms with Gasteiger partial charge in [-0.25, -0.2) is 4.79 Å². The second-order valence-corrected chi connectivity index (χ2v) is 8.63. The van der Waals surface area contributed by atoms with Crippen LogP contribution in [0.1, 0.15) is 36.2 Å². The maximum absolute atomic E-state index is 13.3. The molecule has 1 fully saturated rings. The van der Waals surface area contributed by atoms with Gasteiger partial charge >= 0.3 is 6.09 Å². The minimum absolute atomic E-state index is 0.0175. The fourth-order valence-corrected chi connectivity index (χ4v) is 4.47. The molecule has 1 N–H and O–H groups in total. The number of nitrogens with zero attached hydrogens (tertiary/aromatic N) is 2. The Balaban J connectivity index is 1.57. The van der Waals surface area contributed by atoms with Crippen molar-refractivity contribution < 1.29 is 14.3 Å². The van der Waals surface area contributed by atoms with Crippen molar-refractivity contribution in [2.24, 2.45) is 0 Å². The topological polar surface area (TPSA) is 80.6 Å². The number of pyridine rings is 1. The van der Waals surface area contributed by atoms with Gasteiger partial charge in [0.05, 0.1) is 17.2 Å². The van der Waals surface area contributed by atoms with E-state index in [1.807, 2.05) is 6.07 Å². The van der Waals surface area contributed by atoms with Crippen molar-refractivity contribution >= 4 is 51.7 Å². The fraction of sp³-hybridized carbons (Fsp3) is 0.292. The van der Waals surface area contributed by atoms with Crippen LogP contribution in [0.25, 0.3) is 10.8 Å². The lowest BCUT2D eigenvalue weighted by atomic mass is 10.0. The van der Waals surface area contributed by atoms with Crippen LogP contribution in [-0.4, -0.2) is 41.2 Å². The molecule has 1 saturated heterocycles. The van der Waals surface area contributed by atoms with E-state index in [4.69, 9.17) is 27.9 Å². The molecule has 9 heteroatoms. The summed E-state index contributed by atoms with van der Waals surface area (Å²) in [4.78, 5) is 39.6. The average molecular weight is 488 g/mol.